The normalized spacial score (nSPS) is 10.7. The van der Waals surface area contributed by atoms with E-state index in [1.165, 1.54) is 29.1 Å². The first-order chi connectivity index (χ1) is 14.5. The van der Waals surface area contributed by atoms with Crippen molar-refractivity contribution in [2.45, 2.75) is 13.5 Å². The molecule has 150 valence electrons. The smallest absolute Gasteiger partial charge is 0.350 e. The van der Waals surface area contributed by atoms with E-state index >= 15 is 0 Å². The number of thiazole rings is 1. The predicted molar refractivity (Wildman–Crippen MR) is 105 cm³/mol. The predicted octanol–water partition coefficient (Wildman–Crippen LogP) is 3.79. The van der Waals surface area contributed by atoms with Crippen LogP contribution in [0.1, 0.15) is 16.3 Å². The summed E-state index contributed by atoms with van der Waals surface area (Å²) in [7, 11) is 0. The summed E-state index contributed by atoms with van der Waals surface area (Å²) in [6.45, 7) is 1.65. The summed E-state index contributed by atoms with van der Waals surface area (Å²) in [6.07, 6.45) is 1.27. The van der Waals surface area contributed by atoms with Crippen LogP contribution in [0.2, 0.25) is 0 Å². The van der Waals surface area contributed by atoms with Crippen molar-refractivity contribution < 1.29 is 13.5 Å². The molecule has 0 aliphatic carbocycles. The third-order valence-electron chi connectivity index (χ3n) is 4.24. The maximum atomic E-state index is 14.6. The molecule has 0 atom stereocenters. The van der Waals surface area contributed by atoms with Crippen molar-refractivity contribution in [3.05, 3.63) is 87.2 Å². The fraction of sp³-hybridized carbons (Fsp3) is 0.100. The van der Waals surface area contributed by atoms with Crippen molar-refractivity contribution in [3.63, 3.8) is 0 Å². The molecular formula is C20H13F2N5O2S. The van der Waals surface area contributed by atoms with Crippen molar-refractivity contribution in [1.29, 1.82) is 5.26 Å². The van der Waals surface area contributed by atoms with Gasteiger partial charge >= 0.3 is 5.69 Å². The Labute approximate surface area is 173 Å². The SMILES string of the molecule is Cc1nc(C#N)sc1Oc1ccc(-n2ncn(Cc3ccccc3F)c2=O)cc1F. The number of halogens is 2. The van der Waals surface area contributed by atoms with Gasteiger partial charge in [-0.1, -0.05) is 29.5 Å². The molecule has 4 rings (SSSR count). The number of hydrogen-bond donors (Lipinski definition) is 0. The number of benzene rings is 2. The van der Waals surface area contributed by atoms with Crippen molar-refractivity contribution in [2.24, 2.45) is 0 Å². The second-order valence-electron chi connectivity index (χ2n) is 6.27. The number of nitrogens with zero attached hydrogens (tertiary/aromatic N) is 5. The molecule has 0 unspecified atom stereocenters. The number of aryl methyl sites for hydroxylation is 1. The van der Waals surface area contributed by atoms with Gasteiger partial charge in [0.2, 0.25) is 5.06 Å². The molecule has 0 fully saturated rings. The molecule has 2 aromatic heterocycles. The van der Waals surface area contributed by atoms with E-state index in [-0.39, 0.29) is 23.0 Å². The minimum atomic E-state index is -0.714. The van der Waals surface area contributed by atoms with E-state index in [1.807, 2.05) is 6.07 Å². The highest BCUT2D eigenvalue weighted by atomic mass is 32.1. The topological polar surface area (TPSA) is 85.7 Å². The molecule has 0 saturated heterocycles. The third-order valence-corrected chi connectivity index (χ3v) is 5.18. The minimum Gasteiger partial charge on any atom is -0.442 e. The van der Waals surface area contributed by atoms with Crippen LogP contribution in [0.3, 0.4) is 0 Å². The highest BCUT2D eigenvalue weighted by Crippen LogP contribution is 2.33. The largest absolute Gasteiger partial charge is 0.442 e. The maximum absolute atomic E-state index is 14.6. The number of rotatable bonds is 5. The van der Waals surface area contributed by atoms with Gasteiger partial charge in [0.05, 0.1) is 17.9 Å². The van der Waals surface area contributed by atoms with Crippen LogP contribution >= 0.6 is 11.3 Å². The first-order valence-electron chi connectivity index (χ1n) is 8.69. The zero-order chi connectivity index (χ0) is 21.3. The van der Waals surface area contributed by atoms with Gasteiger partial charge in [-0.25, -0.2) is 18.6 Å². The highest BCUT2D eigenvalue weighted by Gasteiger charge is 2.15. The lowest BCUT2D eigenvalue weighted by Crippen LogP contribution is -2.24. The van der Waals surface area contributed by atoms with Gasteiger partial charge in [-0.15, -0.1) is 0 Å². The zero-order valence-corrected chi connectivity index (χ0v) is 16.4. The Kier molecular flexibility index (Phi) is 5.12. The lowest BCUT2D eigenvalue weighted by atomic mass is 10.2. The van der Waals surface area contributed by atoms with Crippen LogP contribution in [-0.2, 0) is 6.54 Å². The Morgan fingerprint density at radius 2 is 2.00 bits per heavy atom. The molecule has 10 heteroatoms. The molecule has 7 nitrogen and oxygen atoms in total. The number of nitriles is 1. The van der Waals surface area contributed by atoms with E-state index in [0.29, 0.717) is 16.3 Å². The summed E-state index contributed by atoms with van der Waals surface area (Å²) < 4.78 is 36.2. The second-order valence-corrected chi connectivity index (χ2v) is 7.23. The Bertz CT molecular complexity index is 1340. The summed E-state index contributed by atoms with van der Waals surface area (Å²) in [5, 5.41) is 13.4. The maximum Gasteiger partial charge on any atom is 0.350 e. The average molecular weight is 425 g/mol. The Morgan fingerprint density at radius 1 is 1.20 bits per heavy atom. The molecule has 0 aliphatic rings. The van der Waals surface area contributed by atoms with Crippen LogP contribution in [0.4, 0.5) is 8.78 Å². The third kappa shape index (κ3) is 3.70. The molecular weight excluding hydrogens is 412 g/mol. The molecule has 0 aliphatic heterocycles. The second kappa shape index (κ2) is 7.88. The van der Waals surface area contributed by atoms with E-state index in [4.69, 9.17) is 10.00 Å². The fourth-order valence-electron chi connectivity index (χ4n) is 2.76. The average Bonchev–Trinajstić information content (AvgIpc) is 3.27. The van der Waals surface area contributed by atoms with Gasteiger partial charge in [0.15, 0.2) is 16.6 Å². The van der Waals surface area contributed by atoms with Crippen molar-refractivity contribution in [2.75, 3.05) is 0 Å². The van der Waals surface area contributed by atoms with Gasteiger partial charge in [0.25, 0.3) is 0 Å². The Hall–Kier alpha value is -3.84. The molecule has 0 bridgehead atoms. The summed E-state index contributed by atoms with van der Waals surface area (Å²) in [6, 6.07) is 12.0. The summed E-state index contributed by atoms with van der Waals surface area (Å²) in [5.41, 5.74) is 0.466. The number of ether oxygens (including phenoxy) is 1. The summed E-state index contributed by atoms with van der Waals surface area (Å²) >= 11 is 1.01. The van der Waals surface area contributed by atoms with Gasteiger partial charge in [-0.05, 0) is 25.1 Å². The fourth-order valence-corrected chi connectivity index (χ4v) is 3.49. The molecule has 0 N–H and O–H groups in total. The van der Waals surface area contributed by atoms with Crippen molar-refractivity contribution in [3.8, 4) is 22.6 Å². The Balaban J connectivity index is 1.60. The van der Waals surface area contributed by atoms with E-state index in [1.54, 1.807) is 25.1 Å². The minimum absolute atomic E-state index is 0.00106. The van der Waals surface area contributed by atoms with Gasteiger partial charge in [0, 0.05) is 11.6 Å². The molecule has 0 saturated carbocycles. The highest BCUT2D eigenvalue weighted by molar-refractivity contribution is 7.14. The van der Waals surface area contributed by atoms with E-state index in [0.717, 1.165) is 22.1 Å². The summed E-state index contributed by atoms with van der Waals surface area (Å²) in [5.74, 6) is -1.22. The monoisotopic (exact) mass is 425 g/mol. The van der Waals surface area contributed by atoms with E-state index in [9.17, 15) is 13.6 Å². The van der Waals surface area contributed by atoms with Crippen molar-refractivity contribution >= 4 is 11.3 Å². The molecule has 30 heavy (non-hydrogen) atoms. The van der Waals surface area contributed by atoms with Crippen LogP contribution < -0.4 is 10.4 Å². The molecule has 0 spiro atoms. The van der Waals surface area contributed by atoms with Crippen LogP contribution in [0.5, 0.6) is 10.8 Å². The molecule has 0 amide bonds. The molecule has 2 aromatic carbocycles. The quantitative estimate of drug-likeness (QED) is 0.486. The van der Waals surface area contributed by atoms with Gasteiger partial charge in [0.1, 0.15) is 18.2 Å². The van der Waals surface area contributed by atoms with Crippen molar-refractivity contribution in [1.82, 2.24) is 19.3 Å². The molecule has 4 aromatic rings. The summed E-state index contributed by atoms with van der Waals surface area (Å²) in [4.78, 5) is 16.6. The van der Waals surface area contributed by atoms with Crippen LogP contribution in [0.25, 0.3) is 5.69 Å². The standard InChI is InChI=1S/C20H13F2N5O2S/c1-12-19(30-18(9-23)25-12)29-17-7-6-14(8-16(17)22)27-20(28)26(11-24-27)10-13-4-2-3-5-15(13)21/h2-8,11H,10H2,1H3. The molecule has 2 heterocycles. The molecule has 0 radical (unpaired) electrons. The van der Waals surface area contributed by atoms with E-state index < -0.39 is 17.3 Å². The first kappa shape index (κ1) is 19.5. The van der Waals surface area contributed by atoms with Gasteiger partial charge in [-0.2, -0.15) is 15.0 Å². The van der Waals surface area contributed by atoms with Crippen LogP contribution in [0, 0.1) is 29.9 Å². The number of aromatic nitrogens is 4. The van der Waals surface area contributed by atoms with Crippen LogP contribution in [-0.4, -0.2) is 19.3 Å². The van der Waals surface area contributed by atoms with Crippen LogP contribution in [0.15, 0.2) is 53.6 Å². The lowest BCUT2D eigenvalue weighted by molar-refractivity contribution is 0.448. The zero-order valence-electron chi connectivity index (χ0n) is 15.5. The van der Waals surface area contributed by atoms with Gasteiger partial charge < -0.3 is 4.74 Å². The lowest BCUT2D eigenvalue weighted by Gasteiger charge is -2.07. The first-order valence-corrected chi connectivity index (χ1v) is 9.51. The van der Waals surface area contributed by atoms with E-state index in [2.05, 4.69) is 10.1 Å². The number of hydrogen-bond acceptors (Lipinski definition) is 6. The Morgan fingerprint density at radius 3 is 2.70 bits per heavy atom. The van der Waals surface area contributed by atoms with Gasteiger partial charge in [-0.3, -0.25) is 4.57 Å².